The number of pyridine rings is 1. The van der Waals surface area contributed by atoms with E-state index in [-0.39, 0.29) is 24.0 Å². The van der Waals surface area contributed by atoms with Crippen LogP contribution in [0.4, 0.5) is 13.2 Å². The first-order chi connectivity index (χ1) is 17.8. The molecule has 2 aliphatic heterocycles. The van der Waals surface area contributed by atoms with Gasteiger partial charge in [0, 0.05) is 44.4 Å². The van der Waals surface area contributed by atoms with Crippen LogP contribution in [0.2, 0.25) is 0 Å². The van der Waals surface area contributed by atoms with E-state index in [0.29, 0.717) is 25.1 Å². The largest absolute Gasteiger partial charge is 0.573 e. The van der Waals surface area contributed by atoms with Gasteiger partial charge in [0.2, 0.25) is 11.8 Å². The van der Waals surface area contributed by atoms with Crippen molar-refractivity contribution in [3.63, 3.8) is 0 Å². The number of alkyl halides is 3. The molecule has 4 rings (SSSR count). The summed E-state index contributed by atoms with van der Waals surface area (Å²) >= 11 is 1.28. The molecule has 1 N–H and O–H groups in total. The Morgan fingerprint density at radius 1 is 1.11 bits per heavy atom. The second kappa shape index (κ2) is 12.6. The Bertz CT molecular complexity index is 1050. The summed E-state index contributed by atoms with van der Waals surface area (Å²) in [5, 5.41) is 1.75. The first-order valence-corrected chi connectivity index (χ1v) is 13.4. The molecular weight excluding hydrogens is 505 g/mol. The average Bonchev–Trinajstić information content (AvgIpc) is 3.18. The van der Waals surface area contributed by atoms with Crippen molar-refractivity contribution in [1.29, 1.82) is 0 Å². The molecule has 2 saturated heterocycles. The normalized spacial score (nSPS) is 20.7. The van der Waals surface area contributed by atoms with Gasteiger partial charge in [0.1, 0.15) is 11.1 Å². The number of carbonyl (C=O) groups excluding carboxylic acids is 2. The van der Waals surface area contributed by atoms with Crippen LogP contribution < -0.4 is 10.1 Å². The molecule has 2 fully saturated rings. The van der Waals surface area contributed by atoms with Gasteiger partial charge in [0.05, 0.1) is 5.25 Å². The molecular formula is C26H31F3N4O3S. The number of amides is 2. The molecule has 11 heteroatoms. The van der Waals surface area contributed by atoms with E-state index in [1.165, 1.54) is 49.2 Å². The molecule has 0 spiro atoms. The van der Waals surface area contributed by atoms with Crippen LogP contribution in [0.3, 0.4) is 0 Å². The van der Waals surface area contributed by atoms with Gasteiger partial charge in [-0.05, 0) is 55.8 Å². The Labute approximate surface area is 218 Å². The lowest BCUT2D eigenvalue weighted by molar-refractivity contribution is -0.274. The predicted molar refractivity (Wildman–Crippen MR) is 135 cm³/mol. The van der Waals surface area contributed by atoms with E-state index in [1.54, 1.807) is 23.2 Å². The van der Waals surface area contributed by atoms with Crippen LogP contribution in [0, 0.1) is 0 Å². The summed E-state index contributed by atoms with van der Waals surface area (Å²) in [4.78, 5) is 34.3. The fourth-order valence-corrected chi connectivity index (χ4v) is 6.10. The number of benzene rings is 1. The Balaban J connectivity index is 1.42. The van der Waals surface area contributed by atoms with Crippen molar-refractivity contribution in [3.8, 4) is 5.75 Å². The maximum absolute atomic E-state index is 13.4. The molecule has 0 aliphatic carbocycles. The van der Waals surface area contributed by atoms with Crippen LogP contribution >= 0.6 is 11.8 Å². The minimum atomic E-state index is -4.81. The van der Waals surface area contributed by atoms with Crippen molar-refractivity contribution in [1.82, 2.24) is 20.1 Å². The number of hydrogen-bond donors (Lipinski definition) is 1. The highest BCUT2D eigenvalue weighted by molar-refractivity contribution is 8.01. The number of carbonyl (C=O) groups is 2. The van der Waals surface area contributed by atoms with Gasteiger partial charge in [-0.15, -0.1) is 24.9 Å². The molecule has 2 amide bonds. The first kappa shape index (κ1) is 27.3. The predicted octanol–water partition coefficient (Wildman–Crippen LogP) is 4.16. The molecule has 2 aliphatic rings. The lowest BCUT2D eigenvalue weighted by Crippen LogP contribution is -2.39. The van der Waals surface area contributed by atoms with E-state index in [2.05, 4.69) is 19.9 Å². The summed E-state index contributed by atoms with van der Waals surface area (Å²) < 4.78 is 42.4. The third-order valence-corrected chi connectivity index (χ3v) is 7.90. The van der Waals surface area contributed by atoms with Crippen LogP contribution in [0.5, 0.6) is 5.75 Å². The van der Waals surface area contributed by atoms with E-state index in [0.717, 1.165) is 25.3 Å². The molecule has 2 atom stereocenters. The number of hydrogen-bond acceptors (Lipinski definition) is 6. The second-order valence-electron chi connectivity index (χ2n) is 9.16. The first-order valence-electron chi connectivity index (χ1n) is 12.5. The number of aromatic nitrogens is 1. The molecule has 3 heterocycles. The Morgan fingerprint density at radius 2 is 1.92 bits per heavy atom. The summed E-state index contributed by atoms with van der Waals surface area (Å²) in [6.07, 6.45) is 0.939. The second-order valence-corrected chi connectivity index (χ2v) is 10.4. The summed E-state index contributed by atoms with van der Waals surface area (Å²) in [5.41, 5.74) is 1.31. The van der Waals surface area contributed by atoms with Crippen molar-refractivity contribution < 1.29 is 27.5 Å². The molecule has 200 valence electrons. The molecule has 1 aromatic heterocycles. The summed E-state index contributed by atoms with van der Waals surface area (Å²) in [6, 6.07) is 11.2. The number of nitrogens with one attached hydrogen (secondary N) is 1. The molecule has 37 heavy (non-hydrogen) atoms. The summed E-state index contributed by atoms with van der Waals surface area (Å²) in [5.74, 6) is -0.761. The zero-order valence-corrected chi connectivity index (χ0v) is 21.3. The average molecular weight is 537 g/mol. The quantitative estimate of drug-likeness (QED) is 0.492. The number of piperidine rings is 1. The molecule has 7 nitrogen and oxygen atoms in total. The van der Waals surface area contributed by atoms with Crippen molar-refractivity contribution in [2.75, 3.05) is 32.7 Å². The summed E-state index contributed by atoms with van der Waals surface area (Å²) in [7, 11) is 0. The maximum Gasteiger partial charge on any atom is 0.573 e. The van der Waals surface area contributed by atoms with Crippen LogP contribution in [0.1, 0.15) is 42.3 Å². The van der Waals surface area contributed by atoms with E-state index in [1.807, 2.05) is 12.1 Å². The van der Waals surface area contributed by atoms with E-state index >= 15 is 0 Å². The van der Waals surface area contributed by atoms with Crippen LogP contribution in [-0.2, 0) is 16.0 Å². The molecule has 0 saturated carbocycles. The van der Waals surface area contributed by atoms with Crippen molar-refractivity contribution >= 4 is 23.6 Å². The van der Waals surface area contributed by atoms with Gasteiger partial charge in [0.15, 0.2) is 0 Å². The van der Waals surface area contributed by atoms with Gasteiger partial charge in [-0.2, -0.15) is 0 Å². The van der Waals surface area contributed by atoms with Crippen LogP contribution in [0.15, 0.2) is 48.7 Å². The van der Waals surface area contributed by atoms with Crippen LogP contribution in [0.25, 0.3) is 0 Å². The van der Waals surface area contributed by atoms with Crippen molar-refractivity contribution in [2.24, 2.45) is 0 Å². The number of likely N-dealkylation sites (tertiary alicyclic amines) is 1. The molecule has 0 radical (unpaired) electrons. The number of rotatable bonds is 10. The molecule has 2 aromatic rings. The summed E-state index contributed by atoms with van der Waals surface area (Å²) in [6.45, 7) is 3.70. The third-order valence-electron chi connectivity index (χ3n) is 6.42. The number of nitrogens with zero attached hydrogens (tertiary/aromatic N) is 3. The maximum atomic E-state index is 13.4. The SMILES string of the molecule is O=C(CC1SC(c2cccc(OC(F)(F)F)c2)N(CCc2ccccn2)C1=O)NCCN1CCCCC1. The number of ether oxygens (including phenoxy) is 1. The Morgan fingerprint density at radius 3 is 2.65 bits per heavy atom. The van der Waals surface area contributed by atoms with Crippen molar-refractivity contribution in [3.05, 3.63) is 59.9 Å². The lowest BCUT2D eigenvalue weighted by atomic mass is 10.1. The van der Waals surface area contributed by atoms with Gasteiger partial charge in [-0.1, -0.05) is 24.6 Å². The highest BCUT2D eigenvalue weighted by Crippen LogP contribution is 2.45. The topological polar surface area (TPSA) is 74.8 Å². The standard InChI is InChI=1S/C26H31F3N4O3S/c27-26(28,29)36-21-9-6-7-19(17-21)25-33(15-10-20-8-2-3-11-30-20)24(35)22(37-25)18-23(34)31-12-16-32-13-4-1-5-14-32/h2-3,6-9,11,17,22,25H,1,4-5,10,12-16,18H2,(H,31,34). The van der Waals surface area contributed by atoms with Gasteiger partial charge in [-0.3, -0.25) is 14.6 Å². The van der Waals surface area contributed by atoms with Crippen LogP contribution in [-0.4, -0.2) is 70.9 Å². The fourth-order valence-electron chi connectivity index (χ4n) is 4.63. The monoisotopic (exact) mass is 536 g/mol. The van der Waals surface area contributed by atoms with E-state index in [4.69, 9.17) is 0 Å². The van der Waals surface area contributed by atoms with Crippen molar-refractivity contribution in [2.45, 2.75) is 49.1 Å². The highest BCUT2D eigenvalue weighted by atomic mass is 32.2. The molecule has 2 unspecified atom stereocenters. The minimum absolute atomic E-state index is 0.0127. The number of thioether (sulfide) groups is 1. The zero-order valence-electron chi connectivity index (χ0n) is 20.5. The Hall–Kier alpha value is -2.79. The minimum Gasteiger partial charge on any atom is -0.406 e. The lowest BCUT2D eigenvalue weighted by Gasteiger charge is -2.26. The molecule has 0 bridgehead atoms. The smallest absolute Gasteiger partial charge is 0.406 e. The zero-order chi connectivity index (χ0) is 26.3. The van der Waals surface area contributed by atoms with E-state index in [9.17, 15) is 22.8 Å². The number of halogens is 3. The molecule has 1 aromatic carbocycles. The van der Waals surface area contributed by atoms with Gasteiger partial charge < -0.3 is 19.9 Å². The van der Waals surface area contributed by atoms with Gasteiger partial charge >= 0.3 is 6.36 Å². The Kier molecular flexibility index (Phi) is 9.31. The highest BCUT2D eigenvalue weighted by Gasteiger charge is 2.42. The third kappa shape index (κ3) is 8.10. The van der Waals surface area contributed by atoms with Gasteiger partial charge in [0.25, 0.3) is 0 Å². The van der Waals surface area contributed by atoms with Gasteiger partial charge in [-0.25, -0.2) is 0 Å². The fraction of sp³-hybridized carbons (Fsp3) is 0.500. The van der Waals surface area contributed by atoms with E-state index < -0.39 is 17.0 Å².